The van der Waals surface area contributed by atoms with Crippen LogP contribution >= 0.6 is 0 Å². The molecule has 6 nitrogen and oxygen atoms in total. The summed E-state index contributed by atoms with van der Waals surface area (Å²) in [5.41, 5.74) is 0.712. The largest absolute Gasteiger partial charge is 0.441 e. The van der Waals surface area contributed by atoms with Gasteiger partial charge in [0, 0.05) is 5.69 Å². The topological polar surface area (TPSA) is 68.8 Å². The van der Waals surface area contributed by atoms with Gasteiger partial charge in [0.05, 0.1) is 19.3 Å². The van der Waals surface area contributed by atoms with Gasteiger partial charge in [-0.15, -0.1) is 0 Å². The van der Waals surface area contributed by atoms with Crippen molar-refractivity contribution in [3.8, 4) is 0 Å². The molecule has 2 saturated heterocycles. The summed E-state index contributed by atoms with van der Waals surface area (Å²) < 4.78 is 17.1. The maximum absolute atomic E-state index is 12.0. The lowest BCUT2D eigenvalue weighted by molar-refractivity contribution is 0.00856. The third-order valence-corrected chi connectivity index (χ3v) is 4.65. The summed E-state index contributed by atoms with van der Waals surface area (Å²) in [6.45, 7) is 2.03. The number of rotatable bonds is 5. The van der Waals surface area contributed by atoms with Crippen LogP contribution in [0.4, 0.5) is 10.5 Å². The molecule has 0 aromatic heterocycles. The lowest BCUT2D eigenvalue weighted by atomic mass is 10.1. The van der Waals surface area contributed by atoms with E-state index in [1.165, 1.54) is 12.8 Å². The lowest BCUT2D eigenvalue weighted by Crippen LogP contribution is -2.42. The zero-order valence-electron chi connectivity index (χ0n) is 12.9. The third kappa shape index (κ3) is 3.49. The highest BCUT2D eigenvalue weighted by Crippen LogP contribution is 2.31. The minimum Gasteiger partial charge on any atom is -0.441 e. The van der Waals surface area contributed by atoms with E-state index >= 15 is 0 Å². The summed E-state index contributed by atoms with van der Waals surface area (Å²) >= 11 is 0. The quantitative estimate of drug-likeness (QED) is 0.866. The van der Waals surface area contributed by atoms with Crippen LogP contribution in [0.2, 0.25) is 0 Å². The minimum absolute atomic E-state index is 0.0247. The number of hydrogen-bond donors (Lipinski definition) is 2. The Labute approximate surface area is 135 Å². The number of carbonyl (C=O) groups excluding carboxylic acids is 1. The van der Waals surface area contributed by atoms with E-state index in [2.05, 4.69) is 10.6 Å². The Morgan fingerprint density at radius 3 is 2.70 bits per heavy atom. The second-order valence-electron chi connectivity index (χ2n) is 6.49. The van der Waals surface area contributed by atoms with Crippen LogP contribution in [0.15, 0.2) is 30.3 Å². The molecule has 2 heterocycles. The highest BCUT2D eigenvalue weighted by atomic mass is 16.6. The van der Waals surface area contributed by atoms with Crippen molar-refractivity contribution in [3.63, 3.8) is 0 Å². The first-order valence-corrected chi connectivity index (χ1v) is 8.29. The molecule has 4 atom stereocenters. The van der Waals surface area contributed by atoms with Crippen molar-refractivity contribution < 1.29 is 19.0 Å². The molecule has 6 heteroatoms. The fourth-order valence-corrected chi connectivity index (χ4v) is 3.19. The van der Waals surface area contributed by atoms with Gasteiger partial charge in [-0.25, -0.2) is 4.79 Å². The zero-order chi connectivity index (χ0) is 15.6. The third-order valence-electron chi connectivity index (χ3n) is 4.65. The molecule has 1 aliphatic carbocycles. The first kappa shape index (κ1) is 14.9. The summed E-state index contributed by atoms with van der Waals surface area (Å²) in [5.74, 6) is 0.819. The van der Waals surface area contributed by atoms with E-state index in [1.807, 2.05) is 30.3 Å². The Morgan fingerprint density at radius 1 is 1.13 bits per heavy atom. The number of fused-ring (bicyclic) bond motifs is 1. The average molecular weight is 318 g/mol. The smallest absolute Gasteiger partial charge is 0.412 e. The van der Waals surface area contributed by atoms with Crippen molar-refractivity contribution >= 4 is 11.8 Å². The van der Waals surface area contributed by atoms with Crippen LogP contribution in [0.5, 0.6) is 0 Å². The summed E-state index contributed by atoms with van der Waals surface area (Å²) in [6, 6.07) is 9.46. The van der Waals surface area contributed by atoms with E-state index in [9.17, 15) is 4.79 Å². The van der Waals surface area contributed by atoms with Gasteiger partial charge in [-0.05, 0) is 37.4 Å². The van der Waals surface area contributed by atoms with Crippen molar-refractivity contribution in [1.82, 2.24) is 5.32 Å². The van der Waals surface area contributed by atoms with Crippen molar-refractivity contribution in [1.29, 1.82) is 0 Å². The Hall–Kier alpha value is -1.63. The van der Waals surface area contributed by atoms with E-state index < -0.39 is 6.09 Å². The fourth-order valence-electron chi connectivity index (χ4n) is 3.19. The van der Waals surface area contributed by atoms with E-state index in [4.69, 9.17) is 14.2 Å². The number of nitrogens with one attached hydrogen (secondary N) is 2. The number of ether oxygens (including phenoxy) is 3. The van der Waals surface area contributed by atoms with Crippen LogP contribution in [-0.2, 0) is 14.2 Å². The predicted molar refractivity (Wildman–Crippen MR) is 84.3 cm³/mol. The summed E-state index contributed by atoms with van der Waals surface area (Å²) in [4.78, 5) is 12.0. The number of hydrogen-bond acceptors (Lipinski definition) is 5. The Bertz CT molecular complexity index is 549. The molecule has 0 spiro atoms. The molecule has 4 rings (SSSR count). The number of anilines is 1. The second-order valence-corrected chi connectivity index (χ2v) is 6.49. The van der Waals surface area contributed by atoms with Crippen molar-refractivity contribution in [3.05, 3.63) is 30.3 Å². The Kier molecular flexibility index (Phi) is 4.20. The van der Waals surface area contributed by atoms with Crippen molar-refractivity contribution in [2.24, 2.45) is 5.92 Å². The number of carbonyl (C=O) groups is 1. The van der Waals surface area contributed by atoms with Gasteiger partial charge in [0.25, 0.3) is 0 Å². The summed E-state index contributed by atoms with van der Waals surface area (Å²) in [7, 11) is 0. The van der Waals surface area contributed by atoms with Gasteiger partial charge in [-0.1, -0.05) is 18.2 Å². The molecule has 2 aliphatic heterocycles. The SMILES string of the molecule is O=C(Nc1ccccc1)O[C@H]1CO[C@@H]2[C@@H]1OC[C@@H]2NCC1CC1. The van der Waals surface area contributed by atoms with E-state index in [0.717, 1.165) is 12.5 Å². The Balaban J connectivity index is 1.28. The van der Waals surface area contributed by atoms with Gasteiger partial charge in [-0.3, -0.25) is 5.32 Å². The van der Waals surface area contributed by atoms with Gasteiger partial charge in [0.2, 0.25) is 0 Å². The standard InChI is InChI=1S/C17H22N2O4/c20-17(19-12-4-2-1-3-5-12)23-14-10-22-15-13(9-21-16(14)15)18-8-11-6-7-11/h1-5,11,13-16,18H,6-10H2,(H,19,20)/t13-,14-,15-,16+/m0/s1. The number of para-hydroxylation sites is 1. The van der Waals surface area contributed by atoms with Crippen molar-refractivity contribution in [2.45, 2.75) is 37.2 Å². The fraction of sp³-hybridized carbons (Fsp3) is 0.588. The molecule has 3 fully saturated rings. The molecule has 0 bridgehead atoms. The summed E-state index contributed by atoms with van der Waals surface area (Å²) in [6.07, 6.45) is 1.62. The second kappa shape index (κ2) is 6.47. The van der Waals surface area contributed by atoms with Crippen molar-refractivity contribution in [2.75, 3.05) is 25.1 Å². The highest BCUT2D eigenvalue weighted by molar-refractivity contribution is 5.84. The van der Waals surface area contributed by atoms with E-state index in [1.54, 1.807) is 0 Å². The molecule has 2 N–H and O–H groups in total. The molecule has 1 aromatic rings. The monoisotopic (exact) mass is 318 g/mol. The minimum atomic E-state index is -0.469. The molecule has 23 heavy (non-hydrogen) atoms. The van der Waals surface area contributed by atoms with Gasteiger partial charge in [0.15, 0.2) is 6.10 Å². The van der Waals surface area contributed by atoms with Crippen LogP contribution in [0.3, 0.4) is 0 Å². The molecule has 1 saturated carbocycles. The summed E-state index contributed by atoms with van der Waals surface area (Å²) in [5, 5.41) is 6.24. The zero-order valence-corrected chi connectivity index (χ0v) is 12.9. The molecule has 0 unspecified atom stereocenters. The molecule has 124 valence electrons. The molecule has 1 aromatic carbocycles. The van der Waals surface area contributed by atoms with E-state index in [-0.39, 0.29) is 24.4 Å². The normalized spacial score (nSPS) is 32.5. The van der Waals surface area contributed by atoms with Gasteiger partial charge in [0.1, 0.15) is 12.2 Å². The maximum Gasteiger partial charge on any atom is 0.412 e. The Morgan fingerprint density at radius 2 is 1.91 bits per heavy atom. The van der Waals surface area contributed by atoms with E-state index in [0.29, 0.717) is 18.9 Å². The van der Waals surface area contributed by atoms with Crippen LogP contribution in [-0.4, -0.2) is 50.2 Å². The first-order chi connectivity index (χ1) is 11.3. The molecule has 3 aliphatic rings. The molecule has 1 amide bonds. The first-order valence-electron chi connectivity index (χ1n) is 8.29. The van der Waals surface area contributed by atoms with Gasteiger partial charge in [-0.2, -0.15) is 0 Å². The van der Waals surface area contributed by atoms with Gasteiger partial charge >= 0.3 is 6.09 Å². The lowest BCUT2D eigenvalue weighted by Gasteiger charge is -2.18. The number of amides is 1. The van der Waals surface area contributed by atoms with Crippen LogP contribution in [0.25, 0.3) is 0 Å². The maximum atomic E-state index is 12.0. The van der Waals surface area contributed by atoms with Crippen LogP contribution in [0, 0.1) is 5.92 Å². The number of benzene rings is 1. The predicted octanol–water partition coefficient (Wildman–Crippen LogP) is 1.77. The van der Waals surface area contributed by atoms with Crippen LogP contribution in [0.1, 0.15) is 12.8 Å². The highest BCUT2D eigenvalue weighted by Gasteiger charge is 2.49. The average Bonchev–Trinajstić information content (AvgIpc) is 3.17. The van der Waals surface area contributed by atoms with Crippen LogP contribution < -0.4 is 10.6 Å². The molecule has 0 radical (unpaired) electrons. The molecular formula is C17H22N2O4. The molecular weight excluding hydrogens is 296 g/mol. The van der Waals surface area contributed by atoms with Gasteiger partial charge < -0.3 is 19.5 Å².